The maximum Gasteiger partial charge on any atom is 0.412 e. The van der Waals surface area contributed by atoms with Crippen LogP contribution in [0.4, 0.5) is 16.2 Å². The molecular formula is C36H41N3O12. The lowest BCUT2D eigenvalue weighted by Gasteiger charge is -2.47. The Hall–Kier alpha value is -5.38. The average Bonchev–Trinajstić information content (AvgIpc) is 3.48. The molecule has 0 radical (unpaired) electrons. The van der Waals surface area contributed by atoms with Crippen LogP contribution in [0.25, 0.3) is 11.0 Å². The third-order valence-electron chi connectivity index (χ3n) is 8.09. The number of anilines is 2. The van der Waals surface area contributed by atoms with Crippen LogP contribution in [-0.4, -0.2) is 76.1 Å². The Bertz CT molecular complexity index is 2010. The van der Waals surface area contributed by atoms with Gasteiger partial charge in [-0.1, -0.05) is 0 Å². The average molecular weight is 708 g/mol. The first kappa shape index (κ1) is 36.9. The third-order valence-corrected chi connectivity index (χ3v) is 8.09. The normalized spacial score (nSPS) is 20.0. The fraction of sp³-hybridized carbons (Fsp3) is 0.389. The Morgan fingerprint density at radius 1 is 0.980 bits per heavy atom. The van der Waals surface area contributed by atoms with E-state index in [0.717, 1.165) is 5.69 Å². The van der Waals surface area contributed by atoms with Crippen LogP contribution in [0.5, 0.6) is 11.5 Å². The first-order valence-electron chi connectivity index (χ1n) is 16.0. The van der Waals surface area contributed by atoms with E-state index in [0.29, 0.717) is 5.69 Å². The SMILES string of the molecule is CO[C@@H]1[C@@H](OC(=O)c2ccc(C)[nH]2)[C@@H](O)[C@H](Oc2ccc3c(O)c(NC(=O)c4ccc(NC(=O)OC(C)(C)C)cc4)c(=O)oc3c2C)OC1(C)C. The number of aliphatic hydroxyl groups excluding tert-OH is 1. The number of hydrogen-bond acceptors (Lipinski definition) is 12. The Morgan fingerprint density at radius 3 is 2.27 bits per heavy atom. The van der Waals surface area contributed by atoms with Crippen LogP contribution in [0.3, 0.4) is 0 Å². The van der Waals surface area contributed by atoms with Gasteiger partial charge in [-0.2, -0.15) is 0 Å². The van der Waals surface area contributed by atoms with Gasteiger partial charge >= 0.3 is 17.7 Å². The Kier molecular flexibility index (Phi) is 10.2. The summed E-state index contributed by atoms with van der Waals surface area (Å²) in [6.45, 7) is 11.9. The first-order chi connectivity index (χ1) is 23.9. The lowest BCUT2D eigenvalue weighted by Crippen LogP contribution is -2.65. The number of H-pyrrole nitrogens is 1. The van der Waals surface area contributed by atoms with Crippen LogP contribution in [0.2, 0.25) is 0 Å². The number of aromatic hydroxyl groups is 1. The summed E-state index contributed by atoms with van der Waals surface area (Å²) in [5, 5.41) is 27.4. The van der Waals surface area contributed by atoms with Gasteiger partial charge in [0.05, 0.1) is 11.0 Å². The molecule has 15 nitrogen and oxygen atoms in total. The number of esters is 1. The number of carbonyl (C=O) groups excluding carboxylic acids is 3. The highest BCUT2D eigenvalue weighted by Crippen LogP contribution is 2.38. The number of hydrogen-bond donors (Lipinski definition) is 5. The van der Waals surface area contributed by atoms with Crippen molar-refractivity contribution in [1.82, 2.24) is 4.98 Å². The zero-order valence-electron chi connectivity index (χ0n) is 29.4. The summed E-state index contributed by atoms with van der Waals surface area (Å²) in [5.41, 5.74) is -1.66. The molecule has 0 saturated carbocycles. The van der Waals surface area contributed by atoms with Crippen molar-refractivity contribution in [2.75, 3.05) is 17.7 Å². The second-order valence-corrected chi connectivity index (χ2v) is 13.6. The van der Waals surface area contributed by atoms with Crippen LogP contribution >= 0.6 is 0 Å². The van der Waals surface area contributed by atoms with E-state index < -0.39 is 70.8 Å². The topological polar surface area (TPSA) is 208 Å². The molecule has 1 saturated heterocycles. The zero-order valence-corrected chi connectivity index (χ0v) is 29.4. The standard InChI is InChI=1S/C36H41N3O12/c1-17-9-15-22(37-17)31(43)49-28-26(41)33(50-36(6,7)29(28)46-8)47-23-16-14-21-25(40)24(32(44)48-27(21)18(23)2)39-30(42)19-10-12-20(13-11-19)38-34(45)51-35(3,4)5/h9-16,26,28-29,33,37,40-41H,1-8H3,(H,38,45)(H,39,42)/t26-,28+,29-,33-/m1/s1. The molecule has 4 atom stereocenters. The molecule has 51 heavy (non-hydrogen) atoms. The number of methoxy groups -OCH3 is 1. The van der Waals surface area contributed by atoms with Gasteiger partial charge < -0.3 is 48.6 Å². The number of aromatic nitrogens is 1. The summed E-state index contributed by atoms with van der Waals surface area (Å²) in [6, 6.07) is 11.9. The number of fused-ring (bicyclic) bond motifs is 1. The number of nitrogens with one attached hydrogen (secondary N) is 3. The predicted octanol–water partition coefficient (Wildman–Crippen LogP) is 5.16. The van der Waals surface area contributed by atoms with Gasteiger partial charge in [0.25, 0.3) is 5.91 Å². The van der Waals surface area contributed by atoms with Crippen LogP contribution in [0.15, 0.2) is 57.7 Å². The van der Waals surface area contributed by atoms with Gasteiger partial charge in [0, 0.05) is 29.6 Å². The van der Waals surface area contributed by atoms with E-state index in [-0.39, 0.29) is 33.5 Å². The highest BCUT2D eigenvalue weighted by molar-refractivity contribution is 6.06. The second kappa shape index (κ2) is 14.1. The Morgan fingerprint density at radius 2 is 1.67 bits per heavy atom. The van der Waals surface area contributed by atoms with Gasteiger partial charge in [0.2, 0.25) is 6.29 Å². The van der Waals surface area contributed by atoms with Crippen LogP contribution in [0.1, 0.15) is 66.7 Å². The van der Waals surface area contributed by atoms with Crippen molar-refractivity contribution < 1.29 is 52.7 Å². The highest BCUT2D eigenvalue weighted by Gasteiger charge is 2.53. The maximum atomic E-state index is 13.1. The molecule has 0 unspecified atom stereocenters. The molecule has 3 heterocycles. The summed E-state index contributed by atoms with van der Waals surface area (Å²) in [4.78, 5) is 53.9. The maximum absolute atomic E-state index is 13.1. The van der Waals surface area contributed by atoms with E-state index in [4.69, 9.17) is 28.1 Å². The van der Waals surface area contributed by atoms with Crippen LogP contribution in [0, 0.1) is 13.8 Å². The van der Waals surface area contributed by atoms with E-state index >= 15 is 0 Å². The highest BCUT2D eigenvalue weighted by atomic mass is 16.7. The largest absolute Gasteiger partial charge is 0.505 e. The minimum absolute atomic E-state index is 0.0463. The van der Waals surface area contributed by atoms with E-state index in [9.17, 15) is 29.4 Å². The molecule has 2 aromatic heterocycles. The molecule has 1 aliphatic heterocycles. The Balaban J connectivity index is 1.34. The molecule has 2 amide bonds. The quantitative estimate of drug-likeness (QED) is 0.119. The number of rotatable bonds is 8. The Labute approximate surface area is 292 Å². The van der Waals surface area contributed by atoms with E-state index in [2.05, 4.69) is 15.6 Å². The number of amides is 2. The number of aliphatic hydroxyl groups is 1. The minimum atomic E-state index is -1.52. The molecular weight excluding hydrogens is 666 g/mol. The van der Waals surface area contributed by atoms with E-state index in [1.165, 1.54) is 43.5 Å². The molecule has 5 rings (SSSR count). The fourth-order valence-corrected chi connectivity index (χ4v) is 5.66. The number of ether oxygens (including phenoxy) is 5. The van der Waals surface area contributed by atoms with Gasteiger partial charge in [-0.05, 0) is 97.0 Å². The van der Waals surface area contributed by atoms with Crippen molar-refractivity contribution in [3.05, 3.63) is 81.5 Å². The van der Waals surface area contributed by atoms with Gasteiger partial charge in [0.15, 0.2) is 23.6 Å². The van der Waals surface area contributed by atoms with Crippen LogP contribution < -0.4 is 21.0 Å². The summed E-state index contributed by atoms with van der Waals surface area (Å²) in [5.74, 6) is -1.85. The molecule has 0 spiro atoms. The van der Waals surface area contributed by atoms with E-state index in [1.807, 2.05) is 0 Å². The number of aromatic amines is 1. The van der Waals surface area contributed by atoms with Crippen molar-refractivity contribution in [2.45, 2.75) is 84.3 Å². The van der Waals surface area contributed by atoms with Crippen molar-refractivity contribution >= 4 is 40.3 Å². The van der Waals surface area contributed by atoms with Crippen molar-refractivity contribution in [3.63, 3.8) is 0 Å². The van der Waals surface area contributed by atoms with Gasteiger partial charge in [-0.3, -0.25) is 10.1 Å². The van der Waals surface area contributed by atoms with Crippen molar-refractivity contribution in [1.29, 1.82) is 0 Å². The van der Waals surface area contributed by atoms with Crippen LogP contribution in [-0.2, 0) is 18.9 Å². The molecule has 0 bridgehead atoms. The smallest absolute Gasteiger partial charge is 0.412 e. The van der Waals surface area contributed by atoms with Gasteiger partial charge in [-0.15, -0.1) is 0 Å². The van der Waals surface area contributed by atoms with Gasteiger partial charge in [-0.25, -0.2) is 14.4 Å². The number of aryl methyl sites for hydroxylation is 2. The van der Waals surface area contributed by atoms with Crippen molar-refractivity contribution in [3.8, 4) is 11.5 Å². The second-order valence-electron chi connectivity index (χ2n) is 13.6. The molecule has 0 aliphatic carbocycles. The molecule has 5 N–H and O–H groups in total. The number of carbonyl (C=O) groups is 3. The lowest BCUT2D eigenvalue weighted by atomic mass is 9.89. The predicted molar refractivity (Wildman–Crippen MR) is 184 cm³/mol. The minimum Gasteiger partial charge on any atom is -0.505 e. The zero-order chi connectivity index (χ0) is 37.4. The third kappa shape index (κ3) is 8.01. The summed E-state index contributed by atoms with van der Waals surface area (Å²) < 4.78 is 34.2. The molecule has 2 aromatic carbocycles. The first-order valence-corrected chi connectivity index (χ1v) is 16.0. The molecule has 15 heteroatoms. The summed E-state index contributed by atoms with van der Waals surface area (Å²) in [6.07, 6.45) is -5.62. The fourth-order valence-electron chi connectivity index (χ4n) is 5.66. The van der Waals surface area contributed by atoms with E-state index in [1.54, 1.807) is 60.6 Å². The molecule has 272 valence electrons. The molecule has 1 fully saturated rings. The lowest BCUT2D eigenvalue weighted by molar-refractivity contribution is -0.305. The van der Waals surface area contributed by atoms with Gasteiger partial charge in [0.1, 0.15) is 28.7 Å². The molecule has 1 aliphatic rings. The summed E-state index contributed by atoms with van der Waals surface area (Å²) in [7, 11) is 1.41. The number of benzene rings is 2. The molecule has 4 aromatic rings. The van der Waals surface area contributed by atoms with Crippen molar-refractivity contribution in [2.24, 2.45) is 0 Å². The monoisotopic (exact) mass is 707 g/mol. The summed E-state index contributed by atoms with van der Waals surface area (Å²) >= 11 is 0.